The van der Waals surface area contributed by atoms with Crippen molar-refractivity contribution in [1.29, 1.82) is 0 Å². The van der Waals surface area contributed by atoms with E-state index in [2.05, 4.69) is 199 Å². The summed E-state index contributed by atoms with van der Waals surface area (Å²) in [7, 11) is 0. The second-order valence-corrected chi connectivity index (χ2v) is 16.7. The van der Waals surface area contributed by atoms with Crippen LogP contribution in [0.25, 0.3) is 137 Å². The summed E-state index contributed by atoms with van der Waals surface area (Å²) in [6.45, 7) is 0. The monoisotopic (exact) mass is 814 g/mol. The zero-order chi connectivity index (χ0) is 41.9. The number of para-hydroxylation sites is 2. The Kier molecular flexibility index (Phi) is 7.33. The Morgan fingerprint density at radius 1 is 0.312 bits per heavy atom. The molecule has 3 aromatic heterocycles. The van der Waals surface area contributed by atoms with E-state index in [9.17, 15) is 0 Å². The molecule has 0 spiro atoms. The van der Waals surface area contributed by atoms with E-state index in [-0.39, 0.29) is 0 Å². The predicted octanol–water partition coefficient (Wildman–Crippen LogP) is 15.6. The first-order valence-corrected chi connectivity index (χ1v) is 21.7. The van der Waals surface area contributed by atoms with Gasteiger partial charge in [-0.25, -0.2) is 15.0 Å². The molecule has 0 saturated carbocycles. The molecule has 0 bridgehead atoms. The van der Waals surface area contributed by atoms with E-state index in [4.69, 9.17) is 19.4 Å². The first-order valence-electron chi connectivity index (χ1n) is 21.7. The number of hydrogen-bond acceptors (Lipinski definition) is 4. The number of aromatic nitrogens is 4. The summed E-state index contributed by atoms with van der Waals surface area (Å²) in [5.74, 6) is 1.80. The summed E-state index contributed by atoms with van der Waals surface area (Å²) in [6.07, 6.45) is 0. The van der Waals surface area contributed by atoms with Crippen LogP contribution in [0.3, 0.4) is 0 Å². The van der Waals surface area contributed by atoms with Gasteiger partial charge in [0.05, 0.1) is 16.7 Å². The Bertz CT molecular complexity index is 4140. The summed E-state index contributed by atoms with van der Waals surface area (Å²) < 4.78 is 9.24. The molecule has 296 valence electrons. The van der Waals surface area contributed by atoms with Gasteiger partial charge in [-0.3, -0.25) is 0 Å². The van der Waals surface area contributed by atoms with Crippen molar-refractivity contribution < 1.29 is 4.42 Å². The molecule has 0 amide bonds. The second kappa shape index (κ2) is 13.4. The third-order valence-electron chi connectivity index (χ3n) is 13.2. The summed E-state index contributed by atoms with van der Waals surface area (Å²) in [6, 6.07) is 73.3. The van der Waals surface area contributed by atoms with Crippen molar-refractivity contribution in [2.45, 2.75) is 0 Å². The van der Waals surface area contributed by atoms with Crippen molar-refractivity contribution in [1.82, 2.24) is 19.5 Å². The summed E-state index contributed by atoms with van der Waals surface area (Å²) in [4.78, 5) is 16.4. The number of furan rings is 1. The Hall–Kier alpha value is -8.67. The Morgan fingerprint density at radius 2 is 0.797 bits per heavy atom. The molecule has 3 heterocycles. The number of nitrogens with zero attached hydrogens (tertiary/aromatic N) is 4. The molecule has 11 aromatic carbocycles. The standard InChI is InChI=1S/C59H34N4O/c1-2-16-36-33-53-48(29-35(36)15-1)46-25-11-13-27-52(46)63(53)54-34-39(32-49-47-26-12-14-28-55(47)64-56(49)54)57-60-58(50-30-37-17-3-5-19-40(37)42-21-7-9-23-44(42)50)62-59(61-57)51-31-38-18-4-6-20-41(38)43-22-8-10-24-45(43)51/h1-34H. The van der Waals surface area contributed by atoms with Gasteiger partial charge >= 0.3 is 0 Å². The molecule has 0 atom stereocenters. The highest BCUT2D eigenvalue weighted by Crippen LogP contribution is 2.43. The first kappa shape index (κ1) is 35.0. The molecule has 0 radical (unpaired) electrons. The van der Waals surface area contributed by atoms with E-state index in [1.165, 1.54) is 32.3 Å². The minimum Gasteiger partial charge on any atom is -0.454 e. The lowest BCUT2D eigenvalue weighted by molar-refractivity contribution is 0.666. The van der Waals surface area contributed by atoms with Crippen molar-refractivity contribution in [3.8, 4) is 39.9 Å². The highest BCUT2D eigenvalue weighted by Gasteiger charge is 2.23. The third kappa shape index (κ3) is 5.15. The number of hydrogen-bond donors (Lipinski definition) is 0. The topological polar surface area (TPSA) is 56.7 Å². The molecule has 0 aliphatic heterocycles. The van der Waals surface area contributed by atoms with Crippen molar-refractivity contribution in [2.75, 3.05) is 0 Å². The van der Waals surface area contributed by atoms with E-state index in [1.54, 1.807) is 0 Å². The average molecular weight is 815 g/mol. The second-order valence-electron chi connectivity index (χ2n) is 16.7. The maximum atomic E-state index is 6.87. The first-order chi connectivity index (χ1) is 31.7. The van der Waals surface area contributed by atoms with Crippen LogP contribution in [-0.4, -0.2) is 19.5 Å². The molecule has 0 aliphatic carbocycles. The van der Waals surface area contributed by atoms with Crippen LogP contribution in [0, 0.1) is 0 Å². The Morgan fingerprint density at radius 3 is 1.44 bits per heavy atom. The summed E-state index contributed by atoms with van der Waals surface area (Å²) >= 11 is 0. The molecule has 14 aromatic rings. The van der Waals surface area contributed by atoms with Gasteiger partial charge in [-0.1, -0.05) is 158 Å². The molecule has 64 heavy (non-hydrogen) atoms. The van der Waals surface area contributed by atoms with Crippen molar-refractivity contribution >= 4 is 97.6 Å². The van der Waals surface area contributed by atoms with Crippen LogP contribution in [0.4, 0.5) is 0 Å². The SMILES string of the molecule is c1ccc2cc3c(cc2c1)c1ccccc1n3-c1cc(-c2nc(-c3cc4ccccc4c4ccccc34)nc(-c3cc4ccccc4c4ccccc34)n2)cc2c1oc1ccccc12. The van der Waals surface area contributed by atoms with E-state index in [0.717, 1.165) is 87.7 Å². The minimum absolute atomic E-state index is 0.578. The van der Waals surface area contributed by atoms with Crippen LogP contribution in [0.1, 0.15) is 0 Å². The number of benzene rings is 11. The highest BCUT2D eigenvalue weighted by atomic mass is 16.3. The molecular weight excluding hydrogens is 781 g/mol. The highest BCUT2D eigenvalue weighted by molar-refractivity contribution is 6.17. The van der Waals surface area contributed by atoms with E-state index < -0.39 is 0 Å². The quantitative estimate of drug-likeness (QED) is 0.166. The average Bonchev–Trinajstić information content (AvgIpc) is 3.90. The van der Waals surface area contributed by atoms with Gasteiger partial charge in [-0.05, 0) is 102 Å². The van der Waals surface area contributed by atoms with Gasteiger partial charge < -0.3 is 8.98 Å². The van der Waals surface area contributed by atoms with Gasteiger partial charge in [0.25, 0.3) is 0 Å². The molecular formula is C59H34N4O. The fraction of sp³-hybridized carbons (Fsp3) is 0. The third-order valence-corrected chi connectivity index (χ3v) is 13.2. The maximum absolute atomic E-state index is 6.87. The van der Waals surface area contributed by atoms with E-state index in [0.29, 0.717) is 17.5 Å². The van der Waals surface area contributed by atoms with Crippen LogP contribution in [0.15, 0.2) is 211 Å². The van der Waals surface area contributed by atoms with Gasteiger partial charge in [0.2, 0.25) is 0 Å². The van der Waals surface area contributed by atoms with Crippen LogP contribution in [0.5, 0.6) is 0 Å². The van der Waals surface area contributed by atoms with Crippen molar-refractivity contribution in [3.63, 3.8) is 0 Å². The van der Waals surface area contributed by atoms with E-state index >= 15 is 0 Å². The van der Waals surface area contributed by atoms with Gasteiger partial charge in [-0.15, -0.1) is 0 Å². The fourth-order valence-electron chi connectivity index (χ4n) is 10.2. The van der Waals surface area contributed by atoms with Crippen molar-refractivity contribution in [2.24, 2.45) is 0 Å². The normalized spacial score (nSPS) is 12.1. The molecule has 0 fully saturated rings. The zero-order valence-corrected chi connectivity index (χ0v) is 34.3. The fourth-order valence-corrected chi connectivity index (χ4v) is 10.2. The molecule has 0 unspecified atom stereocenters. The molecule has 5 heteroatoms. The maximum Gasteiger partial charge on any atom is 0.164 e. The Balaban J connectivity index is 1.12. The summed E-state index contributed by atoms with van der Waals surface area (Å²) in [5, 5.41) is 15.9. The molecule has 0 aliphatic rings. The molecule has 0 N–H and O–H groups in total. The van der Waals surface area contributed by atoms with Crippen LogP contribution in [-0.2, 0) is 0 Å². The lowest BCUT2D eigenvalue weighted by Gasteiger charge is -2.15. The number of rotatable bonds is 4. The predicted molar refractivity (Wildman–Crippen MR) is 265 cm³/mol. The van der Waals surface area contributed by atoms with Gasteiger partial charge in [0, 0.05) is 38.2 Å². The van der Waals surface area contributed by atoms with Crippen LogP contribution < -0.4 is 0 Å². The lowest BCUT2D eigenvalue weighted by atomic mass is 9.96. The van der Waals surface area contributed by atoms with Crippen molar-refractivity contribution in [3.05, 3.63) is 206 Å². The van der Waals surface area contributed by atoms with Gasteiger partial charge in [0.1, 0.15) is 5.58 Å². The van der Waals surface area contributed by atoms with E-state index in [1.807, 2.05) is 12.1 Å². The smallest absolute Gasteiger partial charge is 0.164 e. The lowest BCUT2D eigenvalue weighted by Crippen LogP contribution is -2.02. The molecule has 14 rings (SSSR count). The minimum atomic E-state index is 0.578. The molecule has 5 nitrogen and oxygen atoms in total. The largest absolute Gasteiger partial charge is 0.454 e. The number of fused-ring (bicyclic) bond motifs is 13. The van der Waals surface area contributed by atoms with Crippen LogP contribution in [0.2, 0.25) is 0 Å². The summed E-state index contributed by atoms with van der Waals surface area (Å²) in [5.41, 5.74) is 7.50. The Labute approximate surface area is 366 Å². The molecule has 0 saturated heterocycles. The van der Waals surface area contributed by atoms with Gasteiger partial charge in [0.15, 0.2) is 23.1 Å². The van der Waals surface area contributed by atoms with Gasteiger partial charge in [-0.2, -0.15) is 0 Å². The van der Waals surface area contributed by atoms with Crippen LogP contribution >= 0.6 is 0 Å². The zero-order valence-electron chi connectivity index (χ0n) is 34.3.